The molecule has 3 heteroatoms. The maximum absolute atomic E-state index is 3.53. The number of nitrogens with zero attached hydrogens (tertiary/aromatic N) is 2. The third kappa shape index (κ3) is 7.04. The van der Waals surface area contributed by atoms with Gasteiger partial charge in [-0.15, -0.1) is 0 Å². The summed E-state index contributed by atoms with van der Waals surface area (Å²) < 4.78 is 0. The molecule has 50 valence electrons. The third-order valence-electron chi connectivity index (χ3n) is 0.483. The van der Waals surface area contributed by atoms with Crippen LogP contribution in [0.2, 0.25) is 0 Å². The average molecular weight is 125 g/mol. The highest BCUT2D eigenvalue weighted by Crippen LogP contribution is 1.68. The quantitative estimate of drug-likeness (QED) is 0.542. The zero-order valence-corrected chi connectivity index (χ0v) is 5.70. The molecular formula is C6H11N3. The zero-order valence-electron chi connectivity index (χ0n) is 5.70. The average Bonchev–Trinajstić information content (AvgIpc) is 1.93. The zero-order chi connectivity index (χ0) is 6.95. The molecule has 0 saturated heterocycles. The second kappa shape index (κ2) is 7.04. The first-order valence-electron chi connectivity index (χ1n) is 2.72. The van der Waals surface area contributed by atoms with Crippen molar-refractivity contribution in [3.05, 3.63) is 24.5 Å². The highest BCUT2D eigenvalue weighted by molar-refractivity contribution is 4.79. The molecule has 1 heterocycles. The van der Waals surface area contributed by atoms with Gasteiger partial charge in [0.15, 0.2) is 0 Å². The topological polar surface area (TPSA) is 37.8 Å². The Morgan fingerprint density at radius 2 is 1.33 bits per heavy atom. The number of nitrogens with one attached hydrogen (secondary N) is 1. The number of hydrogen-bond donors (Lipinski definition) is 1. The van der Waals surface area contributed by atoms with Crippen LogP contribution in [-0.2, 0) is 0 Å². The van der Waals surface area contributed by atoms with E-state index >= 15 is 0 Å². The predicted octanol–water partition coefficient (Wildman–Crippen LogP) is 0.312. The second-order valence-electron chi connectivity index (χ2n) is 1.41. The summed E-state index contributed by atoms with van der Waals surface area (Å²) in [6.45, 7) is 0. The van der Waals surface area contributed by atoms with Crippen LogP contribution in [0.4, 0.5) is 0 Å². The van der Waals surface area contributed by atoms with Crippen molar-refractivity contribution in [3.8, 4) is 0 Å². The van der Waals surface area contributed by atoms with E-state index in [0.29, 0.717) is 0 Å². The molecule has 9 heavy (non-hydrogen) atoms. The van der Waals surface area contributed by atoms with Crippen LogP contribution in [0.5, 0.6) is 0 Å². The number of hydrogen-bond acceptors (Lipinski definition) is 3. The highest BCUT2D eigenvalue weighted by Gasteiger charge is 1.59. The summed E-state index contributed by atoms with van der Waals surface area (Å²) in [4.78, 5) is 0. The van der Waals surface area contributed by atoms with E-state index in [4.69, 9.17) is 0 Å². The van der Waals surface area contributed by atoms with Crippen LogP contribution in [0.25, 0.3) is 0 Å². The Morgan fingerprint density at radius 3 is 1.44 bits per heavy atom. The lowest BCUT2D eigenvalue weighted by molar-refractivity contribution is 1.02. The normalized spacial score (nSPS) is 7.33. The van der Waals surface area contributed by atoms with Gasteiger partial charge in [-0.3, -0.25) is 0 Å². The Labute approximate surface area is 55.1 Å². The fourth-order valence-electron chi connectivity index (χ4n) is 0.253. The molecule has 3 nitrogen and oxygen atoms in total. The number of rotatable bonds is 0. The molecule has 1 rings (SSSR count). The number of aromatic nitrogens is 2. The van der Waals surface area contributed by atoms with E-state index in [1.54, 1.807) is 12.4 Å². The smallest absolute Gasteiger partial charge is 0.0496 e. The van der Waals surface area contributed by atoms with Crippen molar-refractivity contribution >= 4 is 0 Å². The van der Waals surface area contributed by atoms with Crippen LogP contribution in [0.3, 0.4) is 0 Å². The van der Waals surface area contributed by atoms with Gasteiger partial charge < -0.3 is 5.32 Å². The lowest BCUT2D eigenvalue weighted by atomic mass is 10.6. The molecule has 0 amide bonds. The molecule has 0 aromatic carbocycles. The highest BCUT2D eigenvalue weighted by atomic mass is 15.1. The molecule has 0 unspecified atom stereocenters. The van der Waals surface area contributed by atoms with Crippen molar-refractivity contribution in [1.29, 1.82) is 0 Å². The predicted molar refractivity (Wildman–Crippen MR) is 37.0 cm³/mol. The van der Waals surface area contributed by atoms with Gasteiger partial charge in [-0.2, -0.15) is 10.2 Å². The van der Waals surface area contributed by atoms with Crippen molar-refractivity contribution < 1.29 is 0 Å². The van der Waals surface area contributed by atoms with Crippen LogP contribution in [0, 0.1) is 0 Å². The van der Waals surface area contributed by atoms with E-state index in [2.05, 4.69) is 15.5 Å². The first-order chi connectivity index (χ1) is 4.41. The minimum absolute atomic E-state index is 1.64. The molecule has 0 saturated carbocycles. The Balaban J connectivity index is 0.000000187. The summed E-state index contributed by atoms with van der Waals surface area (Å²) in [7, 11) is 3.75. The maximum Gasteiger partial charge on any atom is 0.0496 e. The van der Waals surface area contributed by atoms with Gasteiger partial charge in [-0.25, -0.2) is 0 Å². The van der Waals surface area contributed by atoms with Crippen LogP contribution < -0.4 is 5.32 Å². The molecule has 0 atom stereocenters. The van der Waals surface area contributed by atoms with Crippen molar-refractivity contribution in [1.82, 2.24) is 15.5 Å². The van der Waals surface area contributed by atoms with Crippen LogP contribution in [0.1, 0.15) is 0 Å². The van der Waals surface area contributed by atoms with Gasteiger partial charge in [-0.1, -0.05) is 0 Å². The third-order valence-corrected chi connectivity index (χ3v) is 0.483. The van der Waals surface area contributed by atoms with Gasteiger partial charge in [-0.05, 0) is 26.2 Å². The SMILES string of the molecule is CNC.c1ccnnc1. The van der Waals surface area contributed by atoms with E-state index in [9.17, 15) is 0 Å². The van der Waals surface area contributed by atoms with E-state index in [1.807, 2.05) is 26.2 Å². The molecule has 0 spiro atoms. The monoisotopic (exact) mass is 125 g/mol. The van der Waals surface area contributed by atoms with Gasteiger partial charge in [0.25, 0.3) is 0 Å². The van der Waals surface area contributed by atoms with Crippen molar-refractivity contribution in [2.24, 2.45) is 0 Å². The van der Waals surface area contributed by atoms with Gasteiger partial charge in [0.05, 0.1) is 0 Å². The Bertz CT molecular complexity index is 91.2. The Hall–Kier alpha value is -0.960. The second-order valence-corrected chi connectivity index (χ2v) is 1.41. The summed E-state index contributed by atoms with van der Waals surface area (Å²) in [5.74, 6) is 0. The van der Waals surface area contributed by atoms with Gasteiger partial charge in [0, 0.05) is 12.4 Å². The summed E-state index contributed by atoms with van der Waals surface area (Å²) in [5.41, 5.74) is 0. The van der Waals surface area contributed by atoms with E-state index in [1.165, 1.54) is 0 Å². The van der Waals surface area contributed by atoms with E-state index in [-0.39, 0.29) is 0 Å². The lowest BCUT2D eigenvalue weighted by Crippen LogP contribution is -1.89. The largest absolute Gasteiger partial charge is 0.323 e. The van der Waals surface area contributed by atoms with Gasteiger partial charge in [0.2, 0.25) is 0 Å². The van der Waals surface area contributed by atoms with E-state index < -0.39 is 0 Å². The molecule has 0 bridgehead atoms. The minimum Gasteiger partial charge on any atom is -0.323 e. The van der Waals surface area contributed by atoms with Crippen molar-refractivity contribution in [3.63, 3.8) is 0 Å². The molecule has 1 N–H and O–H groups in total. The summed E-state index contributed by atoms with van der Waals surface area (Å²) in [5, 5.41) is 9.82. The summed E-state index contributed by atoms with van der Waals surface area (Å²) >= 11 is 0. The van der Waals surface area contributed by atoms with Crippen LogP contribution in [-0.4, -0.2) is 24.3 Å². The van der Waals surface area contributed by atoms with Crippen molar-refractivity contribution in [2.45, 2.75) is 0 Å². The van der Waals surface area contributed by atoms with Gasteiger partial charge >= 0.3 is 0 Å². The lowest BCUT2D eigenvalue weighted by Gasteiger charge is -1.69. The first kappa shape index (κ1) is 8.04. The molecule has 1 aromatic rings. The standard InChI is InChI=1S/C4H4N2.C2H7N/c1-2-4-6-5-3-1;1-3-2/h1-4H;3H,1-2H3. The minimum atomic E-state index is 1.64. The summed E-state index contributed by atoms with van der Waals surface area (Å²) in [6, 6.07) is 3.65. The Morgan fingerprint density at radius 1 is 1.00 bits per heavy atom. The van der Waals surface area contributed by atoms with Crippen LogP contribution >= 0.6 is 0 Å². The molecule has 0 fully saturated rings. The van der Waals surface area contributed by atoms with E-state index in [0.717, 1.165) is 0 Å². The molecule has 0 aliphatic heterocycles. The maximum atomic E-state index is 3.53. The van der Waals surface area contributed by atoms with Crippen molar-refractivity contribution in [2.75, 3.05) is 14.1 Å². The first-order valence-corrected chi connectivity index (χ1v) is 2.72. The van der Waals surface area contributed by atoms with Crippen LogP contribution in [0.15, 0.2) is 24.5 Å². The Kier molecular flexibility index (Phi) is 6.29. The van der Waals surface area contributed by atoms with Gasteiger partial charge in [0.1, 0.15) is 0 Å². The molecule has 0 aliphatic carbocycles. The molecule has 0 radical (unpaired) electrons. The summed E-state index contributed by atoms with van der Waals surface area (Å²) in [6.07, 6.45) is 3.28. The molecule has 0 aliphatic rings. The molecule has 1 aromatic heterocycles. The molecular weight excluding hydrogens is 114 g/mol. The fraction of sp³-hybridized carbons (Fsp3) is 0.333. The fourth-order valence-corrected chi connectivity index (χ4v) is 0.253.